The van der Waals surface area contributed by atoms with Crippen molar-refractivity contribution in [1.29, 1.82) is 0 Å². The van der Waals surface area contributed by atoms with Crippen molar-refractivity contribution in [3.05, 3.63) is 29.8 Å². The average molecular weight is 400 g/mol. The Morgan fingerprint density at radius 1 is 1.00 bits per heavy atom. The van der Waals surface area contributed by atoms with Crippen LogP contribution in [-0.4, -0.2) is 37.5 Å². The molecule has 0 radical (unpaired) electrons. The summed E-state index contributed by atoms with van der Waals surface area (Å²) in [6, 6.07) is 8.13. The van der Waals surface area contributed by atoms with Gasteiger partial charge in [0.2, 0.25) is 5.91 Å². The predicted octanol–water partition coefficient (Wildman–Crippen LogP) is 4.13. The van der Waals surface area contributed by atoms with Gasteiger partial charge in [0, 0.05) is 36.8 Å². The van der Waals surface area contributed by atoms with Gasteiger partial charge in [0.25, 0.3) is 5.91 Å². The molecule has 2 aliphatic rings. The summed E-state index contributed by atoms with van der Waals surface area (Å²) in [4.78, 5) is 27.4. The molecule has 2 fully saturated rings. The molecule has 0 aromatic heterocycles. The number of hydrogen-bond acceptors (Lipinski definition) is 3. The highest BCUT2D eigenvalue weighted by molar-refractivity contribution is 5.99. The highest BCUT2D eigenvalue weighted by Gasteiger charge is 2.27. The van der Waals surface area contributed by atoms with Crippen molar-refractivity contribution in [1.82, 2.24) is 10.6 Å². The number of amides is 2. The van der Waals surface area contributed by atoms with Crippen LogP contribution < -0.4 is 15.5 Å². The van der Waals surface area contributed by atoms with Crippen molar-refractivity contribution in [2.24, 2.45) is 11.3 Å². The zero-order valence-corrected chi connectivity index (χ0v) is 18.3. The molecule has 2 N–H and O–H groups in total. The van der Waals surface area contributed by atoms with Crippen molar-refractivity contribution < 1.29 is 9.59 Å². The number of para-hydroxylation sites is 1. The summed E-state index contributed by atoms with van der Waals surface area (Å²) in [5.41, 5.74) is 1.41. The van der Waals surface area contributed by atoms with Gasteiger partial charge in [-0.3, -0.25) is 9.59 Å². The Bertz CT molecular complexity index is 696. The lowest BCUT2D eigenvalue weighted by Crippen LogP contribution is -2.48. The number of hydrogen-bond donors (Lipinski definition) is 2. The normalized spacial score (nSPS) is 19.1. The first-order valence-corrected chi connectivity index (χ1v) is 11.3. The zero-order valence-electron chi connectivity index (χ0n) is 18.3. The lowest BCUT2D eigenvalue weighted by Gasteiger charge is -2.36. The smallest absolute Gasteiger partial charge is 0.253 e. The second-order valence-electron chi connectivity index (χ2n) is 9.72. The van der Waals surface area contributed by atoms with Crippen molar-refractivity contribution in [2.45, 2.75) is 71.8 Å². The minimum Gasteiger partial charge on any atom is -0.371 e. The van der Waals surface area contributed by atoms with E-state index in [1.807, 2.05) is 45.0 Å². The quantitative estimate of drug-likeness (QED) is 0.783. The molecule has 3 rings (SSSR count). The van der Waals surface area contributed by atoms with Gasteiger partial charge in [0.05, 0.1) is 5.56 Å². The molecule has 1 aromatic carbocycles. The maximum Gasteiger partial charge on any atom is 0.253 e. The fourth-order valence-corrected chi connectivity index (χ4v) is 4.33. The molecule has 1 aliphatic carbocycles. The Hall–Kier alpha value is -2.04. The monoisotopic (exact) mass is 399 g/mol. The van der Waals surface area contributed by atoms with Gasteiger partial charge in [-0.05, 0) is 43.7 Å². The van der Waals surface area contributed by atoms with Crippen LogP contribution in [0.2, 0.25) is 0 Å². The maximum absolute atomic E-state index is 12.9. The molecular formula is C24H37N3O2. The predicted molar refractivity (Wildman–Crippen MR) is 118 cm³/mol. The Balaban J connectivity index is 1.56. The van der Waals surface area contributed by atoms with Gasteiger partial charge in [-0.25, -0.2) is 0 Å². The van der Waals surface area contributed by atoms with Gasteiger partial charge in [-0.1, -0.05) is 52.2 Å². The average Bonchev–Trinajstić information content (AvgIpc) is 2.72. The first-order valence-electron chi connectivity index (χ1n) is 11.3. The number of nitrogens with one attached hydrogen (secondary N) is 2. The van der Waals surface area contributed by atoms with Crippen LogP contribution in [0.5, 0.6) is 0 Å². The Kier molecular flexibility index (Phi) is 7.20. The van der Waals surface area contributed by atoms with Crippen LogP contribution in [0.25, 0.3) is 0 Å². The van der Waals surface area contributed by atoms with E-state index in [0.717, 1.165) is 43.7 Å². The third-order valence-corrected chi connectivity index (χ3v) is 6.28. The van der Waals surface area contributed by atoms with Crippen LogP contribution in [0, 0.1) is 11.3 Å². The van der Waals surface area contributed by atoms with Crippen LogP contribution in [0.1, 0.15) is 76.1 Å². The number of piperidine rings is 1. The summed E-state index contributed by atoms with van der Waals surface area (Å²) in [6.45, 7) is 8.32. The number of nitrogens with zero attached hydrogens (tertiary/aromatic N) is 1. The van der Waals surface area contributed by atoms with E-state index < -0.39 is 0 Å². The van der Waals surface area contributed by atoms with Crippen LogP contribution in [0.3, 0.4) is 0 Å². The van der Waals surface area contributed by atoms with Crippen LogP contribution in [0.4, 0.5) is 5.69 Å². The standard InChI is InChI=1S/C24H37N3O2/c1-24(2,3)23(29)26-19-13-15-27(16-14-19)21-12-8-7-11-20(21)22(28)25-17-18-9-5-4-6-10-18/h7-8,11-12,18-19H,4-6,9-10,13-17H2,1-3H3,(H,25,28)(H,26,29). The molecule has 1 saturated carbocycles. The van der Waals surface area contributed by atoms with Gasteiger partial charge in [-0.15, -0.1) is 0 Å². The molecule has 160 valence electrons. The number of carbonyl (C=O) groups excluding carboxylic acids is 2. The highest BCUT2D eigenvalue weighted by Crippen LogP contribution is 2.26. The lowest BCUT2D eigenvalue weighted by atomic mass is 9.89. The minimum absolute atomic E-state index is 0.0364. The molecule has 0 spiro atoms. The van der Waals surface area contributed by atoms with Crippen molar-refractivity contribution in [3.8, 4) is 0 Å². The number of benzene rings is 1. The van der Waals surface area contributed by atoms with Gasteiger partial charge in [0.1, 0.15) is 0 Å². The molecule has 1 saturated heterocycles. The van der Waals surface area contributed by atoms with Crippen LogP contribution in [-0.2, 0) is 4.79 Å². The second-order valence-corrected chi connectivity index (χ2v) is 9.72. The third-order valence-electron chi connectivity index (χ3n) is 6.28. The Morgan fingerprint density at radius 2 is 1.66 bits per heavy atom. The van der Waals surface area contributed by atoms with Gasteiger partial charge in [0.15, 0.2) is 0 Å². The van der Waals surface area contributed by atoms with Gasteiger partial charge >= 0.3 is 0 Å². The fraction of sp³-hybridized carbons (Fsp3) is 0.667. The van der Waals surface area contributed by atoms with E-state index in [1.54, 1.807) is 0 Å². The SMILES string of the molecule is CC(C)(C)C(=O)NC1CCN(c2ccccc2C(=O)NCC2CCCCC2)CC1. The molecule has 0 atom stereocenters. The van der Waals surface area contributed by atoms with E-state index in [0.29, 0.717) is 5.92 Å². The second kappa shape index (κ2) is 9.64. The van der Waals surface area contributed by atoms with E-state index in [4.69, 9.17) is 0 Å². The summed E-state index contributed by atoms with van der Waals surface area (Å²) in [5.74, 6) is 0.773. The number of carbonyl (C=O) groups is 2. The molecule has 1 aliphatic heterocycles. The Morgan fingerprint density at radius 3 is 2.31 bits per heavy atom. The number of rotatable bonds is 5. The van der Waals surface area contributed by atoms with Crippen LogP contribution >= 0.6 is 0 Å². The van der Waals surface area contributed by atoms with Gasteiger partial charge in [-0.2, -0.15) is 0 Å². The zero-order chi connectivity index (χ0) is 20.9. The summed E-state index contributed by atoms with van der Waals surface area (Å²) in [5, 5.41) is 6.36. The molecule has 29 heavy (non-hydrogen) atoms. The van der Waals surface area contributed by atoms with E-state index >= 15 is 0 Å². The summed E-state index contributed by atoms with van der Waals surface area (Å²) < 4.78 is 0. The molecule has 5 heteroatoms. The van der Waals surface area contributed by atoms with E-state index in [9.17, 15) is 9.59 Å². The van der Waals surface area contributed by atoms with E-state index in [-0.39, 0.29) is 23.3 Å². The maximum atomic E-state index is 12.9. The van der Waals surface area contributed by atoms with Crippen LogP contribution in [0.15, 0.2) is 24.3 Å². The molecule has 2 amide bonds. The molecule has 0 unspecified atom stereocenters. The topological polar surface area (TPSA) is 61.4 Å². The van der Waals surface area contributed by atoms with E-state index in [1.165, 1.54) is 32.1 Å². The minimum atomic E-state index is -0.361. The number of anilines is 1. The molecular weight excluding hydrogens is 362 g/mol. The van der Waals surface area contributed by atoms with Gasteiger partial charge < -0.3 is 15.5 Å². The first-order chi connectivity index (χ1) is 13.8. The summed E-state index contributed by atoms with van der Waals surface area (Å²) in [7, 11) is 0. The highest BCUT2D eigenvalue weighted by atomic mass is 16.2. The third kappa shape index (κ3) is 5.97. The largest absolute Gasteiger partial charge is 0.371 e. The Labute approximate surface area is 175 Å². The van der Waals surface area contributed by atoms with Crippen molar-refractivity contribution in [2.75, 3.05) is 24.5 Å². The van der Waals surface area contributed by atoms with Crippen molar-refractivity contribution in [3.63, 3.8) is 0 Å². The van der Waals surface area contributed by atoms with E-state index in [2.05, 4.69) is 15.5 Å². The molecule has 5 nitrogen and oxygen atoms in total. The summed E-state index contributed by atoms with van der Waals surface area (Å²) >= 11 is 0. The first kappa shape index (κ1) is 21.7. The fourth-order valence-electron chi connectivity index (χ4n) is 4.33. The molecule has 1 heterocycles. The molecule has 0 bridgehead atoms. The summed E-state index contributed by atoms with van der Waals surface area (Å²) in [6.07, 6.45) is 8.18. The van der Waals surface area contributed by atoms with Crippen molar-refractivity contribution >= 4 is 17.5 Å². The lowest BCUT2D eigenvalue weighted by molar-refractivity contribution is -0.129. The molecule has 1 aromatic rings.